The van der Waals surface area contributed by atoms with Crippen molar-refractivity contribution in [3.63, 3.8) is 0 Å². The molecule has 1 aromatic carbocycles. The lowest BCUT2D eigenvalue weighted by Crippen LogP contribution is -2.28. The average molecular weight is 357 g/mol. The van der Waals surface area contributed by atoms with E-state index in [1.807, 2.05) is 0 Å². The summed E-state index contributed by atoms with van der Waals surface area (Å²) in [4.78, 5) is 36.9. The van der Waals surface area contributed by atoms with Gasteiger partial charge >= 0.3 is 6.09 Å². The van der Waals surface area contributed by atoms with E-state index in [0.29, 0.717) is 16.7 Å². The molecule has 26 heavy (non-hydrogen) atoms. The van der Waals surface area contributed by atoms with Gasteiger partial charge in [0.05, 0.1) is 12.3 Å². The van der Waals surface area contributed by atoms with Crippen molar-refractivity contribution in [1.82, 2.24) is 4.57 Å². The van der Waals surface area contributed by atoms with E-state index in [1.165, 1.54) is 24.8 Å². The first kappa shape index (κ1) is 19.6. The zero-order chi connectivity index (χ0) is 19.5. The average Bonchev–Trinajstić information content (AvgIpc) is 3.02. The van der Waals surface area contributed by atoms with E-state index in [2.05, 4.69) is 0 Å². The van der Waals surface area contributed by atoms with Gasteiger partial charge in [0.1, 0.15) is 5.60 Å². The number of carbonyl (C=O) groups is 3. The number of hydrogen-bond acceptors (Lipinski definition) is 5. The highest BCUT2D eigenvalue weighted by atomic mass is 16.6. The highest BCUT2D eigenvalue weighted by Gasteiger charge is 2.23. The summed E-state index contributed by atoms with van der Waals surface area (Å²) in [5.41, 5.74) is 1.02. The van der Waals surface area contributed by atoms with Crippen LogP contribution in [0.1, 0.15) is 59.7 Å². The fourth-order valence-electron chi connectivity index (χ4n) is 2.54. The van der Waals surface area contributed by atoms with Crippen LogP contribution in [0.2, 0.25) is 0 Å². The second-order valence-electron chi connectivity index (χ2n) is 6.93. The molecule has 0 aliphatic carbocycles. The molecule has 6 heteroatoms. The Labute approximate surface area is 152 Å². The molecule has 0 unspecified atom stereocenters. The first-order chi connectivity index (χ1) is 12.1. The van der Waals surface area contributed by atoms with Gasteiger partial charge < -0.3 is 9.47 Å². The van der Waals surface area contributed by atoms with E-state index >= 15 is 0 Å². The first-order valence-electron chi connectivity index (χ1n) is 8.22. The van der Waals surface area contributed by atoms with Crippen molar-refractivity contribution in [2.24, 2.45) is 0 Å². The zero-order valence-corrected chi connectivity index (χ0v) is 15.7. The largest absolute Gasteiger partial charge is 0.443 e. The van der Waals surface area contributed by atoms with Crippen molar-refractivity contribution in [1.29, 1.82) is 0 Å². The fourth-order valence-corrected chi connectivity index (χ4v) is 2.54. The van der Waals surface area contributed by atoms with Crippen LogP contribution in [0.3, 0.4) is 0 Å². The Balaban J connectivity index is 2.39. The fraction of sp³-hybridized carbons (Fsp3) is 0.350. The van der Waals surface area contributed by atoms with E-state index in [0.717, 1.165) is 0 Å². The zero-order valence-electron chi connectivity index (χ0n) is 15.7. The molecule has 1 heterocycles. The Hall–Kier alpha value is -2.73. The molecule has 1 aromatic heterocycles. The molecule has 0 amide bonds. The number of aromatic nitrogens is 1. The van der Waals surface area contributed by atoms with Crippen LogP contribution < -0.4 is 0 Å². The van der Waals surface area contributed by atoms with Gasteiger partial charge in [-0.05, 0) is 51.5 Å². The van der Waals surface area contributed by atoms with E-state index in [-0.39, 0.29) is 23.9 Å². The molecule has 2 rings (SSSR count). The van der Waals surface area contributed by atoms with Gasteiger partial charge in [-0.15, -0.1) is 0 Å². The second-order valence-corrected chi connectivity index (χ2v) is 6.93. The minimum absolute atomic E-state index is 0.104. The molecule has 0 saturated heterocycles. The highest BCUT2D eigenvalue weighted by Crippen LogP contribution is 2.19. The van der Waals surface area contributed by atoms with Crippen molar-refractivity contribution < 1.29 is 23.9 Å². The number of nitrogens with zero attached hydrogens (tertiary/aromatic N) is 1. The van der Waals surface area contributed by atoms with Crippen LogP contribution in [0.15, 0.2) is 36.5 Å². The molecule has 2 aromatic rings. The molecule has 0 radical (unpaired) electrons. The normalized spacial score (nSPS) is 11.3. The Bertz CT molecular complexity index is 842. The summed E-state index contributed by atoms with van der Waals surface area (Å²) in [5, 5.41) is 0. The van der Waals surface area contributed by atoms with Gasteiger partial charge in [-0.2, -0.15) is 0 Å². The van der Waals surface area contributed by atoms with Crippen LogP contribution in [-0.4, -0.2) is 34.9 Å². The molecule has 6 nitrogen and oxygen atoms in total. The third kappa shape index (κ3) is 4.46. The summed E-state index contributed by atoms with van der Waals surface area (Å²) in [7, 11) is 1.52. The van der Waals surface area contributed by atoms with Crippen molar-refractivity contribution in [2.45, 2.75) is 39.9 Å². The maximum absolute atomic E-state index is 12.9. The smallest absolute Gasteiger partial charge is 0.419 e. The van der Waals surface area contributed by atoms with Gasteiger partial charge in [-0.3, -0.25) is 9.59 Å². The molecule has 0 fully saturated rings. The van der Waals surface area contributed by atoms with Crippen LogP contribution in [0.5, 0.6) is 0 Å². The Kier molecular flexibility index (Phi) is 5.77. The van der Waals surface area contributed by atoms with Crippen molar-refractivity contribution in [3.05, 3.63) is 58.9 Å². The van der Waals surface area contributed by atoms with E-state index in [4.69, 9.17) is 9.47 Å². The van der Waals surface area contributed by atoms with Crippen molar-refractivity contribution >= 4 is 17.7 Å². The van der Waals surface area contributed by atoms with Crippen LogP contribution in [0.4, 0.5) is 4.79 Å². The van der Waals surface area contributed by atoms with Crippen LogP contribution in [0.25, 0.3) is 0 Å². The van der Waals surface area contributed by atoms with Gasteiger partial charge in [-0.25, -0.2) is 9.36 Å². The van der Waals surface area contributed by atoms with Gasteiger partial charge in [0, 0.05) is 24.4 Å². The SMILES string of the molecule is COCc1cc(C(=O)c2cccn2C(=O)OC(C)(C)C)ccc1C(C)=O. The highest BCUT2D eigenvalue weighted by molar-refractivity contribution is 6.10. The summed E-state index contributed by atoms with van der Waals surface area (Å²) >= 11 is 0. The standard InChI is InChI=1S/C20H23NO5/c1-13(22)16-9-8-14(11-15(16)12-25-5)18(23)17-7-6-10-21(17)19(24)26-20(2,3)4/h6-11H,12H2,1-5H3. The van der Waals surface area contributed by atoms with E-state index in [1.54, 1.807) is 51.1 Å². The topological polar surface area (TPSA) is 74.6 Å². The van der Waals surface area contributed by atoms with Crippen LogP contribution in [-0.2, 0) is 16.1 Å². The third-order valence-corrected chi connectivity index (χ3v) is 3.62. The number of rotatable bonds is 5. The molecule has 0 N–H and O–H groups in total. The van der Waals surface area contributed by atoms with Gasteiger partial charge in [0.2, 0.25) is 5.78 Å². The Morgan fingerprint density at radius 2 is 1.81 bits per heavy atom. The number of carbonyl (C=O) groups excluding carboxylic acids is 3. The number of benzene rings is 1. The maximum atomic E-state index is 12.9. The lowest BCUT2D eigenvalue weighted by Gasteiger charge is -2.20. The predicted octanol–water partition coefficient (Wildman–Crippen LogP) is 3.85. The molecule has 0 saturated carbocycles. The maximum Gasteiger partial charge on any atom is 0.419 e. The molecule has 0 aliphatic heterocycles. The number of ketones is 2. The van der Waals surface area contributed by atoms with Crippen molar-refractivity contribution in [2.75, 3.05) is 7.11 Å². The summed E-state index contributed by atoms with van der Waals surface area (Å²) in [5.74, 6) is -0.443. The summed E-state index contributed by atoms with van der Waals surface area (Å²) in [6.45, 7) is 6.95. The van der Waals surface area contributed by atoms with Crippen molar-refractivity contribution in [3.8, 4) is 0 Å². The second kappa shape index (κ2) is 7.66. The summed E-state index contributed by atoms with van der Waals surface area (Å²) in [6.07, 6.45) is 0.865. The Morgan fingerprint density at radius 1 is 1.12 bits per heavy atom. The molecule has 0 spiro atoms. The summed E-state index contributed by atoms with van der Waals surface area (Å²) in [6, 6.07) is 7.96. The molecule has 0 atom stereocenters. The molecular formula is C20H23NO5. The predicted molar refractivity (Wildman–Crippen MR) is 96.7 cm³/mol. The third-order valence-electron chi connectivity index (χ3n) is 3.62. The van der Waals surface area contributed by atoms with Gasteiger partial charge in [0.15, 0.2) is 5.78 Å². The number of hydrogen-bond donors (Lipinski definition) is 0. The van der Waals surface area contributed by atoms with E-state index in [9.17, 15) is 14.4 Å². The first-order valence-corrected chi connectivity index (χ1v) is 8.22. The number of Topliss-reactive ketones (excluding diaryl/α,β-unsaturated/α-hetero) is 1. The van der Waals surface area contributed by atoms with Gasteiger partial charge in [-0.1, -0.05) is 12.1 Å². The number of methoxy groups -OCH3 is 1. The lowest BCUT2D eigenvalue weighted by atomic mass is 9.99. The lowest BCUT2D eigenvalue weighted by molar-refractivity contribution is 0.0529. The Morgan fingerprint density at radius 3 is 2.38 bits per heavy atom. The minimum atomic E-state index is -0.670. The van der Waals surface area contributed by atoms with Crippen LogP contribution >= 0.6 is 0 Å². The van der Waals surface area contributed by atoms with Crippen LogP contribution in [0, 0.1) is 0 Å². The van der Waals surface area contributed by atoms with Gasteiger partial charge in [0.25, 0.3) is 0 Å². The monoisotopic (exact) mass is 357 g/mol. The van der Waals surface area contributed by atoms with E-state index < -0.39 is 11.7 Å². The molecular weight excluding hydrogens is 334 g/mol. The number of ether oxygens (including phenoxy) is 2. The quantitative estimate of drug-likeness (QED) is 0.760. The molecule has 0 bridgehead atoms. The molecule has 0 aliphatic rings. The summed E-state index contributed by atoms with van der Waals surface area (Å²) < 4.78 is 11.6. The molecule has 138 valence electrons. The minimum Gasteiger partial charge on any atom is -0.443 e.